The molecule has 1 N–H and O–H groups in total. The predicted octanol–water partition coefficient (Wildman–Crippen LogP) is 2.34. The van der Waals surface area contributed by atoms with Crippen molar-refractivity contribution in [1.82, 2.24) is 5.32 Å². The maximum Gasteiger partial charge on any atom is 0.292 e. The Labute approximate surface area is 124 Å². The molecule has 1 heterocycles. The largest absolute Gasteiger partial charge is 0.366 e. The van der Waals surface area contributed by atoms with Gasteiger partial charge in [-0.15, -0.1) is 0 Å². The van der Waals surface area contributed by atoms with E-state index in [4.69, 9.17) is 0 Å². The lowest BCUT2D eigenvalue weighted by Gasteiger charge is -2.32. The minimum Gasteiger partial charge on any atom is -0.366 e. The van der Waals surface area contributed by atoms with Crippen molar-refractivity contribution in [1.29, 1.82) is 0 Å². The molecular weight excluding hydrogens is 270 g/mol. The Hall–Kier alpha value is -2.11. The Morgan fingerprint density at radius 2 is 2.05 bits per heavy atom. The molecule has 1 amide bonds. The number of carbonyl (C=O) groups excluding carboxylic acids is 1. The van der Waals surface area contributed by atoms with Crippen molar-refractivity contribution < 1.29 is 9.72 Å². The highest BCUT2D eigenvalue weighted by atomic mass is 16.6. The van der Waals surface area contributed by atoms with E-state index < -0.39 is 0 Å². The summed E-state index contributed by atoms with van der Waals surface area (Å²) < 4.78 is 0. The molecule has 0 bridgehead atoms. The zero-order valence-electron chi connectivity index (χ0n) is 12.2. The van der Waals surface area contributed by atoms with Crippen LogP contribution in [0.1, 0.15) is 26.2 Å². The van der Waals surface area contributed by atoms with Gasteiger partial charge in [0.05, 0.1) is 4.92 Å². The Kier molecular flexibility index (Phi) is 5.14. The number of carbonyl (C=O) groups is 1. The van der Waals surface area contributed by atoms with E-state index in [1.54, 1.807) is 12.1 Å². The van der Waals surface area contributed by atoms with Crippen LogP contribution in [0.5, 0.6) is 0 Å². The molecule has 21 heavy (non-hydrogen) atoms. The second-order valence-electron chi connectivity index (χ2n) is 5.30. The lowest BCUT2D eigenvalue weighted by Crippen LogP contribution is -2.40. The van der Waals surface area contributed by atoms with Crippen molar-refractivity contribution in [2.75, 3.05) is 24.5 Å². The van der Waals surface area contributed by atoms with Crippen LogP contribution in [0.3, 0.4) is 0 Å². The maximum absolute atomic E-state index is 11.9. The summed E-state index contributed by atoms with van der Waals surface area (Å²) >= 11 is 0. The van der Waals surface area contributed by atoms with Gasteiger partial charge in [-0.25, -0.2) is 0 Å². The monoisotopic (exact) mass is 291 g/mol. The molecule has 6 nitrogen and oxygen atoms in total. The molecule has 0 spiro atoms. The number of para-hydroxylation sites is 2. The molecule has 1 saturated heterocycles. The first kappa shape index (κ1) is 15.3. The van der Waals surface area contributed by atoms with Crippen molar-refractivity contribution in [2.45, 2.75) is 26.2 Å². The standard InChI is InChI=1S/C15H21N3O3/c1-2-9-16-15(19)12-7-10-17(11-8-12)13-5-3-4-6-14(13)18(20)21/h3-6,12H,2,7-11H2,1H3,(H,16,19). The SMILES string of the molecule is CCCNC(=O)C1CCN(c2ccccc2[N+](=O)[O-])CC1. The molecule has 2 rings (SSSR count). The number of benzene rings is 1. The first-order chi connectivity index (χ1) is 10.1. The molecule has 6 heteroatoms. The number of hydrogen-bond donors (Lipinski definition) is 1. The molecule has 0 aromatic heterocycles. The smallest absolute Gasteiger partial charge is 0.292 e. The van der Waals surface area contributed by atoms with Gasteiger partial charge in [0.1, 0.15) is 5.69 Å². The Morgan fingerprint density at radius 1 is 1.38 bits per heavy atom. The van der Waals surface area contributed by atoms with Gasteiger partial charge in [0, 0.05) is 31.6 Å². The minimum atomic E-state index is -0.352. The first-order valence-electron chi connectivity index (χ1n) is 7.39. The number of piperidine rings is 1. The molecule has 1 aromatic carbocycles. The zero-order chi connectivity index (χ0) is 15.2. The second kappa shape index (κ2) is 7.06. The summed E-state index contributed by atoms with van der Waals surface area (Å²) in [5.74, 6) is 0.134. The lowest BCUT2D eigenvalue weighted by molar-refractivity contribution is -0.384. The van der Waals surface area contributed by atoms with E-state index in [0.29, 0.717) is 25.3 Å². The molecule has 1 fully saturated rings. The van der Waals surface area contributed by atoms with Crippen molar-refractivity contribution in [3.63, 3.8) is 0 Å². The normalized spacial score (nSPS) is 15.8. The number of anilines is 1. The van der Waals surface area contributed by atoms with Crippen LogP contribution in [-0.4, -0.2) is 30.5 Å². The van der Waals surface area contributed by atoms with Crippen LogP contribution in [-0.2, 0) is 4.79 Å². The van der Waals surface area contributed by atoms with Gasteiger partial charge in [-0.05, 0) is 25.3 Å². The number of nitrogens with zero attached hydrogens (tertiary/aromatic N) is 2. The van der Waals surface area contributed by atoms with Crippen molar-refractivity contribution in [3.8, 4) is 0 Å². The van der Waals surface area contributed by atoms with Gasteiger partial charge < -0.3 is 10.2 Å². The average molecular weight is 291 g/mol. The summed E-state index contributed by atoms with van der Waals surface area (Å²) in [6.07, 6.45) is 2.41. The summed E-state index contributed by atoms with van der Waals surface area (Å²) in [5.41, 5.74) is 0.779. The van der Waals surface area contributed by atoms with Crippen LogP contribution in [0.15, 0.2) is 24.3 Å². The van der Waals surface area contributed by atoms with Crippen LogP contribution in [0.4, 0.5) is 11.4 Å². The van der Waals surface area contributed by atoms with Gasteiger partial charge in [0.25, 0.3) is 5.69 Å². The van der Waals surface area contributed by atoms with Gasteiger partial charge in [-0.3, -0.25) is 14.9 Å². The van der Waals surface area contributed by atoms with E-state index in [1.807, 2.05) is 17.9 Å². The van der Waals surface area contributed by atoms with E-state index in [9.17, 15) is 14.9 Å². The van der Waals surface area contributed by atoms with Crippen molar-refractivity contribution in [3.05, 3.63) is 34.4 Å². The van der Waals surface area contributed by atoms with Gasteiger partial charge in [0.15, 0.2) is 0 Å². The maximum atomic E-state index is 11.9. The molecule has 1 aromatic rings. The highest BCUT2D eigenvalue weighted by Gasteiger charge is 2.27. The number of amides is 1. The second-order valence-corrected chi connectivity index (χ2v) is 5.30. The number of nitro groups is 1. The Balaban J connectivity index is 1.98. The van der Waals surface area contributed by atoms with E-state index in [-0.39, 0.29) is 22.4 Å². The van der Waals surface area contributed by atoms with Gasteiger partial charge in [-0.2, -0.15) is 0 Å². The molecule has 0 saturated carbocycles. The summed E-state index contributed by atoms with van der Waals surface area (Å²) in [7, 11) is 0. The molecule has 1 aliphatic rings. The number of nitrogens with one attached hydrogen (secondary N) is 1. The molecule has 1 aliphatic heterocycles. The van der Waals surface area contributed by atoms with E-state index in [2.05, 4.69) is 5.32 Å². The fraction of sp³-hybridized carbons (Fsp3) is 0.533. The number of hydrogen-bond acceptors (Lipinski definition) is 4. The first-order valence-corrected chi connectivity index (χ1v) is 7.39. The molecule has 114 valence electrons. The molecule has 0 radical (unpaired) electrons. The third kappa shape index (κ3) is 3.71. The van der Waals surface area contributed by atoms with Crippen LogP contribution in [0.25, 0.3) is 0 Å². The van der Waals surface area contributed by atoms with Crippen molar-refractivity contribution >= 4 is 17.3 Å². The third-order valence-corrected chi connectivity index (χ3v) is 3.83. The summed E-state index contributed by atoms with van der Waals surface area (Å²) in [6, 6.07) is 6.78. The highest BCUT2D eigenvalue weighted by Crippen LogP contribution is 2.31. The molecule has 0 atom stereocenters. The Morgan fingerprint density at radius 3 is 2.67 bits per heavy atom. The number of nitro benzene ring substituents is 1. The van der Waals surface area contributed by atoms with E-state index >= 15 is 0 Å². The molecule has 0 aliphatic carbocycles. The highest BCUT2D eigenvalue weighted by molar-refractivity contribution is 5.79. The topological polar surface area (TPSA) is 75.5 Å². The number of rotatable bonds is 5. The minimum absolute atomic E-state index is 0.0237. The van der Waals surface area contributed by atoms with Crippen LogP contribution < -0.4 is 10.2 Å². The van der Waals surface area contributed by atoms with E-state index in [1.165, 1.54) is 6.07 Å². The van der Waals surface area contributed by atoms with Crippen LogP contribution >= 0.6 is 0 Å². The van der Waals surface area contributed by atoms with Crippen LogP contribution in [0.2, 0.25) is 0 Å². The fourth-order valence-corrected chi connectivity index (χ4v) is 2.66. The third-order valence-electron chi connectivity index (χ3n) is 3.83. The zero-order valence-corrected chi connectivity index (χ0v) is 12.2. The quantitative estimate of drug-likeness (QED) is 0.667. The summed E-state index contributed by atoms with van der Waals surface area (Å²) in [4.78, 5) is 24.7. The summed E-state index contributed by atoms with van der Waals surface area (Å²) in [6.45, 7) is 4.09. The fourth-order valence-electron chi connectivity index (χ4n) is 2.66. The lowest BCUT2D eigenvalue weighted by atomic mass is 9.95. The summed E-state index contributed by atoms with van der Waals surface area (Å²) in [5, 5.41) is 14.0. The van der Waals surface area contributed by atoms with E-state index in [0.717, 1.165) is 19.3 Å². The molecule has 0 unspecified atom stereocenters. The predicted molar refractivity (Wildman–Crippen MR) is 81.3 cm³/mol. The van der Waals surface area contributed by atoms with Crippen LogP contribution in [0, 0.1) is 16.0 Å². The Bertz CT molecular complexity index is 511. The van der Waals surface area contributed by atoms with Crippen molar-refractivity contribution in [2.24, 2.45) is 5.92 Å². The molecular formula is C15H21N3O3. The van der Waals surface area contributed by atoms with Gasteiger partial charge in [0.2, 0.25) is 5.91 Å². The van der Waals surface area contributed by atoms with Gasteiger partial charge in [-0.1, -0.05) is 19.1 Å². The average Bonchev–Trinajstić information content (AvgIpc) is 2.52. The van der Waals surface area contributed by atoms with Gasteiger partial charge >= 0.3 is 0 Å².